The summed E-state index contributed by atoms with van der Waals surface area (Å²) in [7, 11) is 0. The summed E-state index contributed by atoms with van der Waals surface area (Å²) in [6, 6.07) is 6.85. The molecule has 2 aliphatic rings. The molecule has 134 valence electrons. The van der Waals surface area contributed by atoms with Crippen LogP contribution in [-0.2, 0) is 0 Å². The van der Waals surface area contributed by atoms with Crippen LogP contribution in [0.5, 0.6) is 0 Å². The van der Waals surface area contributed by atoms with Crippen LogP contribution in [0.2, 0.25) is 0 Å². The highest BCUT2D eigenvalue weighted by Crippen LogP contribution is 2.43. The summed E-state index contributed by atoms with van der Waals surface area (Å²) in [6.07, 6.45) is 5.41. The first-order chi connectivity index (χ1) is 12.2. The summed E-state index contributed by atoms with van der Waals surface area (Å²) in [5.74, 6) is 0.613. The molecule has 1 aromatic rings. The van der Waals surface area contributed by atoms with Crippen LogP contribution in [0, 0.1) is 5.92 Å². The summed E-state index contributed by atoms with van der Waals surface area (Å²) in [5, 5.41) is 4.77. The number of thioether (sulfide) groups is 1. The Hall–Kier alpha value is -1.68. The number of nitrogens with one attached hydrogen (secondary N) is 1. The SMILES string of the molecule is C=CCNC(=C(C)C(CC)CC)c1ccc2c(c1)N1CCCN=C1S2. The Labute approximate surface area is 156 Å². The molecule has 0 radical (unpaired) electrons. The second kappa shape index (κ2) is 8.13. The fourth-order valence-electron chi connectivity index (χ4n) is 3.71. The van der Waals surface area contributed by atoms with Gasteiger partial charge >= 0.3 is 0 Å². The Morgan fingerprint density at radius 1 is 1.40 bits per heavy atom. The van der Waals surface area contributed by atoms with Crippen LogP contribution < -0.4 is 10.2 Å². The lowest BCUT2D eigenvalue weighted by Gasteiger charge is -2.24. The predicted octanol–water partition coefficient (Wildman–Crippen LogP) is 5.30. The van der Waals surface area contributed by atoms with Crippen molar-refractivity contribution in [1.29, 1.82) is 0 Å². The second-order valence-corrected chi connectivity index (χ2v) is 7.70. The summed E-state index contributed by atoms with van der Waals surface area (Å²) in [4.78, 5) is 8.39. The van der Waals surface area contributed by atoms with Crippen molar-refractivity contribution >= 4 is 28.3 Å². The Balaban J connectivity index is 2.00. The van der Waals surface area contributed by atoms with Crippen molar-refractivity contribution in [2.45, 2.75) is 44.9 Å². The smallest absolute Gasteiger partial charge is 0.168 e. The lowest BCUT2D eigenvalue weighted by molar-refractivity contribution is 0.571. The molecule has 0 unspecified atom stereocenters. The molecule has 25 heavy (non-hydrogen) atoms. The van der Waals surface area contributed by atoms with E-state index >= 15 is 0 Å². The molecule has 3 nitrogen and oxygen atoms in total. The molecule has 0 aromatic heterocycles. The highest BCUT2D eigenvalue weighted by atomic mass is 32.2. The van der Waals surface area contributed by atoms with Gasteiger partial charge in [-0.1, -0.05) is 26.0 Å². The number of nitrogens with zero attached hydrogens (tertiary/aromatic N) is 2. The molecule has 0 atom stereocenters. The standard InChI is InChI=1S/C21H29N3S/c1-5-11-22-20(15(4)16(6-2)7-3)17-9-10-19-18(14-17)24-13-8-12-23-21(24)25-19/h5,9-10,14,16,22H,1,6-8,11-13H2,2-4H3. The number of anilines is 1. The molecule has 2 heterocycles. The Kier molecular flexibility index (Phi) is 5.89. The van der Waals surface area contributed by atoms with E-state index in [2.05, 4.69) is 60.8 Å². The fourth-order valence-corrected chi connectivity index (χ4v) is 4.77. The van der Waals surface area contributed by atoms with Crippen molar-refractivity contribution in [3.05, 3.63) is 42.0 Å². The van der Waals surface area contributed by atoms with Gasteiger partial charge in [0, 0.05) is 30.2 Å². The number of hydrogen-bond donors (Lipinski definition) is 1. The van der Waals surface area contributed by atoms with Gasteiger partial charge in [-0.3, -0.25) is 4.99 Å². The van der Waals surface area contributed by atoms with E-state index in [1.807, 2.05) is 6.08 Å². The average Bonchev–Trinajstić information content (AvgIpc) is 3.01. The molecule has 4 heteroatoms. The van der Waals surface area contributed by atoms with Crippen molar-refractivity contribution in [1.82, 2.24) is 5.32 Å². The molecular formula is C21H29N3S. The topological polar surface area (TPSA) is 27.6 Å². The van der Waals surface area contributed by atoms with Crippen molar-refractivity contribution in [2.24, 2.45) is 10.9 Å². The largest absolute Gasteiger partial charge is 0.381 e. The van der Waals surface area contributed by atoms with Gasteiger partial charge in [-0.25, -0.2) is 0 Å². The first-order valence-electron chi connectivity index (χ1n) is 9.39. The van der Waals surface area contributed by atoms with Crippen LogP contribution >= 0.6 is 11.8 Å². The minimum Gasteiger partial charge on any atom is -0.381 e. The lowest BCUT2D eigenvalue weighted by atomic mass is 9.91. The molecule has 1 N–H and O–H groups in total. The normalized spacial score (nSPS) is 17.0. The van der Waals surface area contributed by atoms with Crippen molar-refractivity contribution in [2.75, 3.05) is 24.5 Å². The first kappa shape index (κ1) is 18.1. The number of fused-ring (bicyclic) bond motifs is 3. The number of allylic oxidation sites excluding steroid dienone is 1. The highest BCUT2D eigenvalue weighted by molar-refractivity contribution is 8.14. The van der Waals surface area contributed by atoms with Crippen LogP contribution in [0.25, 0.3) is 5.70 Å². The van der Waals surface area contributed by atoms with Crippen LogP contribution in [0.1, 0.15) is 45.6 Å². The minimum absolute atomic E-state index is 0.613. The van der Waals surface area contributed by atoms with Gasteiger partial charge in [-0.15, -0.1) is 6.58 Å². The van der Waals surface area contributed by atoms with Gasteiger partial charge in [0.25, 0.3) is 0 Å². The van der Waals surface area contributed by atoms with E-state index < -0.39 is 0 Å². The monoisotopic (exact) mass is 355 g/mol. The number of rotatable bonds is 7. The first-order valence-corrected chi connectivity index (χ1v) is 10.2. The van der Waals surface area contributed by atoms with Gasteiger partial charge in [0.1, 0.15) is 0 Å². The van der Waals surface area contributed by atoms with Gasteiger partial charge in [-0.2, -0.15) is 0 Å². The molecule has 0 saturated carbocycles. The molecule has 0 saturated heterocycles. The van der Waals surface area contributed by atoms with Crippen LogP contribution in [-0.4, -0.2) is 24.8 Å². The van der Waals surface area contributed by atoms with Gasteiger partial charge in [0.15, 0.2) is 5.17 Å². The number of amidine groups is 1. The molecule has 1 aromatic carbocycles. The second-order valence-electron chi connectivity index (χ2n) is 6.70. The van der Waals surface area contributed by atoms with Crippen molar-refractivity contribution in [3.8, 4) is 0 Å². The van der Waals surface area contributed by atoms with E-state index in [0.29, 0.717) is 5.92 Å². The van der Waals surface area contributed by atoms with E-state index in [1.165, 1.54) is 45.4 Å². The average molecular weight is 356 g/mol. The maximum Gasteiger partial charge on any atom is 0.168 e. The zero-order valence-corrected chi connectivity index (χ0v) is 16.5. The van der Waals surface area contributed by atoms with Gasteiger partial charge in [0.05, 0.1) is 5.69 Å². The van der Waals surface area contributed by atoms with E-state index in [-0.39, 0.29) is 0 Å². The molecule has 0 aliphatic carbocycles. The number of hydrogen-bond acceptors (Lipinski definition) is 4. The zero-order valence-electron chi connectivity index (χ0n) is 15.6. The maximum absolute atomic E-state index is 4.68. The van der Waals surface area contributed by atoms with Crippen LogP contribution in [0.15, 0.2) is 46.3 Å². The van der Waals surface area contributed by atoms with E-state index in [4.69, 9.17) is 0 Å². The fraction of sp³-hybridized carbons (Fsp3) is 0.476. The van der Waals surface area contributed by atoms with E-state index in [1.54, 1.807) is 11.8 Å². The molecular weight excluding hydrogens is 326 g/mol. The third-order valence-electron chi connectivity index (χ3n) is 5.17. The minimum atomic E-state index is 0.613. The highest BCUT2D eigenvalue weighted by Gasteiger charge is 2.28. The third kappa shape index (κ3) is 3.64. The zero-order chi connectivity index (χ0) is 17.8. The summed E-state index contributed by atoms with van der Waals surface area (Å²) < 4.78 is 0. The van der Waals surface area contributed by atoms with E-state index in [9.17, 15) is 0 Å². The maximum atomic E-state index is 4.68. The Morgan fingerprint density at radius 2 is 2.20 bits per heavy atom. The van der Waals surface area contributed by atoms with Gasteiger partial charge in [0.2, 0.25) is 0 Å². The Bertz CT molecular complexity index is 701. The molecule has 2 aliphatic heterocycles. The molecule has 0 fully saturated rings. The van der Waals surface area contributed by atoms with E-state index in [0.717, 1.165) is 26.1 Å². The van der Waals surface area contributed by atoms with Gasteiger partial charge in [-0.05, 0) is 67.1 Å². The van der Waals surface area contributed by atoms with Gasteiger partial charge < -0.3 is 10.2 Å². The molecule has 3 rings (SSSR count). The lowest BCUT2D eigenvalue weighted by Crippen LogP contribution is -2.30. The Morgan fingerprint density at radius 3 is 2.92 bits per heavy atom. The summed E-state index contributed by atoms with van der Waals surface area (Å²) in [5.41, 5.74) is 5.31. The van der Waals surface area contributed by atoms with Crippen molar-refractivity contribution < 1.29 is 0 Å². The molecule has 0 spiro atoms. The quantitative estimate of drug-likeness (QED) is 0.673. The number of aliphatic imine (C=N–C) groups is 1. The third-order valence-corrected chi connectivity index (χ3v) is 6.27. The molecule has 0 amide bonds. The summed E-state index contributed by atoms with van der Waals surface area (Å²) >= 11 is 1.81. The predicted molar refractivity (Wildman–Crippen MR) is 111 cm³/mol. The number of benzene rings is 1. The summed E-state index contributed by atoms with van der Waals surface area (Å²) in [6.45, 7) is 13.5. The van der Waals surface area contributed by atoms with Crippen molar-refractivity contribution in [3.63, 3.8) is 0 Å². The molecule has 0 bridgehead atoms. The van der Waals surface area contributed by atoms with Crippen LogP contribution in [0.3, 0.4) is 0 Å². The van der Waals surface area contributed by atoms with Crippen LogP contribution in [0.4, 0.5) is 5.69 Å².